The third kappa shape index (κ3) is 7.16. The monoisotopic (exact) mass is 124 g/mol. The lowest BCUT2D eigenvalue weighted by atomic mass is 10.1. The Hall–Kier alpha value is -0.840. The first kappa shape index (κ1) is 8.16. The van der Waals surface area contributed by atoms with Crippen molar-refractivity contribution in [2.24, 2.45) is 0 Å². The zero-order valence-electron chi connectivity index (χ0n) is 5.78. The average Bonchev–Trinajstić information content (AvgIpc) is 1.80. The van der Waals surface area contributed by atoms with Crippen molar-refractivity contribution in [2.75, 3.05) is 0 Å². The highest BCUT2D eigenvalue weighted by Gasteiger charge is 1.88. The Morgan fingerprint density at radius 3 is 2.67 bits per heavy atom. The molecule has 50 valence electrons. The minimum absolute atomic E-state index is 0.632. The first-order chi connectivity index (χ1) is 4.27. The van der Waals surface area contributed by atoms with Crippen LogP contribution in [-0.4, -0.2) is 5.71 Å². The van der Waals surface area contributed by atoms with Gasteiger partial charge in [0.15, 0.2) is 0 Å². The van der Waals surface area contributed by atoms with Crippen molar-refractivity contribution in [3.63, 3.8) is 0 Å². The SMILES string of the molecule is CC(=N)CCCCC#N. The van der Waals surface area contributed by atoms with Gasteiger partial charge in [0.05, 0.1) is 6.07 Å². The molecule has 0 aromatic heterocycles. The van der Waals surface area contributed by atoms with Gasteiger partial charge >= 0.3 is 0 Å². The van der Waals surface area contributed by atoms with Crippen molar-refractivity contribution >= 4 is 5.71 Å². The summed E-state index contributed by atoms with van der Waals surface area (Å²) in [4.78, 5) is 0. The summed E-state index contributed by atoms with van der Waals surface area (Å²) >= 11 is 0. The first-order valence-electron chi connectivity index (χ1n) is 3.18. The number of hydrogen-bond donors (Lipinski definition) is 1. The summed E-state index contributed by atoms with van der Waals surface area (Å²) in [5, 5.41) is 15.2. The first-order valence-corrected chi connectivity index (χ1v) is 3.18. The minimum Gasteiger partial charge on any atom is -0.310 e. The summed E-state index contributed by atoms with van der Waals surface area (Å²) in [5.74, 6) is 0. The molecule has 0 aromatic carbocycles. The van der Waals surface area contributed by atoms with Gasteiger partial charge in [0, 0.05) is 12.1 Å². The highest BCUT2D eigenvalue weighted by molar-refractivity contribution is 5.78. The Bertz CT molecular complexity index is 121. The molecule has 0 aromatic rings. The van der Waals surface area contributed by atoms with E-state index in [9.17, 15) is 0 Å². The number of unbranched alkanes of at least 4 members (excludes halogenated alkanes) is 2. The summed E-state index contributed by atoms with van der Waals surface area (Å²) in [6.45, 7) is 1.80. The number of hydrogen-bond acceptors (Lipinski definition) is 2. The normalized spacial score (nSPS) is 8.44. The van der Waals surface area contributed by atoms with E-state index in [0.29, 0.717) is 12.1 Å². The van der Waals surface area contributed by atoms with E-state index in [-0.39, 0.29) is 0 Å². The number of rotatable bonds is 4. The van der Waals surface area contributed by atoms with E-state index in [4.69, 9.17) is 10.7 Å². The standard InChI is InChI=1S/C7H12N2/c1-7(9)5-3-2-4-6-8/h9H,2-5H2,1H3. The number of nitriles is 1. The molecule has 0 atom stereocenters. The third-order valence-electron chi connectivity index (χ3n) is 1.09. The van der Waals surface area contributed by atoms with Crippen LogP contribution in [0.25, 0.3) is 0 Å². The molecule has 2 heteroatoms. The molecule has 0 saturated heterocycles. The predicted octanol–water partition coefficient (Wildman–Crippen LogP) is 2.11. The van der Waals surface area contributed by atoms with Crippen LogP contribution in [0.5, 0.6) is 0 Å². The maximum Gasteiger partial charge on any atom is 0.0621 e. The van der Waals surface area contributed by atoms with Gasteiger partial charge < -0.3 is 5.41 Å². The van der Waals surface area contributed by atoms with Crippen LogP contribution in [0.2, 0.25) is 0 Å². The fraction of sp³-hybridized carbons (Fsp3) is 0.714. The fourth-order valence-corrected chi connectivity index (χ4v) is 0.594. The molecule has 0 aliphatic heterocycles. The zero-order chi connectivity index (χ0) is 7.11. The quantitative estimate of drug-likeness (QED) is 0.453. The Labute approximate surface area is 56.0 Å². The molecule has 0 saturated carbocycles. The van der Waals surface area contributed by atoms with Crippen LogP contribution in [0.15, 0.2) is 0 Å². The van der Waals surface area contributed by atoms with Gasteiger partial charge in [-0.1, -0.05) is 0 Å². The Morgan fingerprint density at radius 2 is 2.22 bits per heavy atom. The van der Waals surface area contributed by atoms with Gasteiger partial charge in [-0.2, -0.15) is 5.26 Å². The van der Waals surface area contributed by atoms with Crippen molar-refractivity contribution in [1.82, 2.24) is 0 Å². The fourth-order valence-electron chi connectivity index (χ4n) is 0.594. The second-order valence-corrected chi connectivity index (χ2v) is 2.15. The van der Waals surface area contributed by atoms with E-state index in [1.165, 1.54) is 0 Å². The average molecular weight is 124 g/mol. The molecule has 0 bridgehead atoms. The molecule has 2 nitrogen and oxygen atoms in total. The van der Waals surface area contributed by atoms with Gasteiger partial charge in [-0.05, 0) is 26.2 Å². The minimum atomic E-state index is 0.632. The molecule has 0 heterocycles. The van der Waals surface area contributed by atoms with E-state index >= 15 is 0 Å². The van der Waals surface area contributed by atoms with Gasteiger partial charge in [-0.3, -0.25) is 0 Å². The van der Waals surface area contributed by atoms with Gasteiger partial charge in [0.2, 0.25) is 0 Å². The van der Waals surface area contributed by atoms with Crippen LogP contribution in [-0.2, 0) is 0 Å². The van der Waals surface area contributed by atoms with Crippen molar-refractivity contribution in [2.45, 2.75) is 32.6 Å². The summed E-state index contributed by atoms with van der Waals surface area (Å²) < 4.78 is 0. The van der Waals surface area contributed by atoms with Crippen LogP contribution in [0.4, 0.5) is 0 Å². The van der Waals surface area contributed by atoms with Crippen molar-refractivity contribution in [3.05, 3.63) is 0 Å². The second kappa shape index (κ2) is 5.30. The van der Waals surface area contributed by atoms with Crippen molar-refractivity contribution < 1.29 is 0 Å². The zero-order valence-corrected chi connectivity index (χ0v) is 5.78. The van der Waals surface area contributed by atoms with E-state index in [0.717, 1.165) is 19.3 Å². The van der Waals surface area contributed by atoms with Gasteiger partial charge in [0.1, 0.15) is 0 Å². The second-order valence-electron chi connectivity index (χ2n) is 2.15. The van der Waals surface area contributed by atoms with Crippen LogP contribution >= 0.6 is 0 Å². The summed E-state index contributed by atoms with van der Waals surface area (Å²) in [5.41, 5.74) is 0.716. The largest absolute Gasteiger partial charge is 0.310 e. The summed E-state index contributed by atoms with van der Waals surface area (Å²) in [7, 11) is 0. The highest BCUT2D eigenvalue weighted by Crippen LogP contribution is 1.98. The number of nitrogens with zero attached hydrogens (tertiary/aromatic N) is 1. The third-order valence-corrected chi connectivity index (χ3v) is 1.09. The highest BCUT2D eigenvalue weighted by atomic mass is 14.4. The van der Waals surface area contributed by atoms with Crippen molar-refractivity contribution in [3.8, 4) is 6.07 Å². The van der Waals surface area contributed by atoms with Gasteiger partial charge in [-0.25, -0.2) is 0 Å². The smallest absolute Gasteiger partial charge is 0.0621 e. The lowest BCUT2D eigenvalue weighted by Crippen LogP contribution is -1.86. The molecule has 0 radical (unpaired) electrons. The molecule has 0 fully saturated rings. The summed E-state index contributed by atoms with van der Waals surface area (Å²) in [6, 6.07) is 2.07. The molecule has 0 aliphatic rings. The molecule has 1 N–H and O–H groups in total. The topological polar surface area (TPSA) is 47.6 Å². The predicted molar refractivity (Wildman–Crippen MR) is 37.5 cm³/mol. The molecule has 0 rings (SSSR count). The lowest BCUT2D eigenvalue weighted by molar-refractivity contribution is 0.780. The van der Waals surface area contributed by atoms with Crippen LogP contribution < -0.4 is 0 Å². The van der Waals surface area contributed by atoms with Crippen LogP contribution in [0.1, 0.15) is 32.6 Å². The van der Waals surface area contributed by atoms with Crippen LogP contribution in [0, 0.1) is 16.7 Å². The molecule has 0 aliphatic carbocycles. The Balaban J connectivity index is 2.94. The van der Waals surface area contributed by atoms with E-state index in [2.05, 4.69) is 6.07 Å². The van der Waals surface area contributed by atoms with Gasteiger partial charge in [-0.15, -0.1) is 0 Å². The Morgan fingerprint density at radius 1 is 1.56 bits per heavy atom. The Kier molecular flexibility index (Phi) is 4.81. The van der Waals surface area contributed by atoms with E-state index in [1.807, 2.05) is 0 Å². The molecular formula is C7H12N2. The molecule has 0 spiro atoms. The number of nitrogens with one attached hydrogen (secondary N) is 1. The van der Waals surface area contributed by atoms with Gasteiger partial charge in [0.25, 0.3) is 0 Å². The summed E-state index contributed by atoms with van der Waals surface area (Å²) in [6.07, 6.45) is 3.41. The van der Waals surface area contributed by atoms with E-state index < -0.39 is 0 Å². The molecular weight excluding hydrogens is 112 g/mol. The molecule has 9 heavy (non-hydrogen) atoms. The molecule has 0 unspecified atom stereocenters. The van der Waals surface area contributed by atoms with Crippen LogP contribution in [0.3, 0.4) is 0 Å². The lowest BCUT2D eigenvalue weighted by Gasteiger charge is -1.92. The maximum absolute atomic E-state index is 8.13. The van der Waals surface area contributed by atoms with Crippen molar-refractivity contribution in [1.29, 1.82) is 10.7 Å². The molecule has 0 amide bonds. The maximum atomic E-state index is 8.13. The van der Waals surface area contributed by atoms with E-state index in [1.54, 1.807) is 6.92 Å².